The Balaban J connectivity index is 1.59. The molecule has 1 N–H and O–H groups in total. The highest BCUT2D eigenvalue weighted by atomic mass is 16.5. The Kier molecular flexibility index (Phi) is 7.87. The molecule has 0 aliphatic heterocycles. The van der Waals surface area contributed by atoms with Crippen LogP contribution in [0.2, 0.25) is 0 Å². The molecule has 4 aromatic rings. The molecule has 1 atom stereocenters. The number of fused-ring (bicyclic) bond motifs is 1. The van der Waals surface area contributed by atoms with Gasteiger partial charge in [0.1, 0.15) is 35.4 Å². The Labute approximate surface area is 214 Å². The third-order valence-electron chi connectivity index (χ3n) is 6.05. The van der Waals surface area contributed by atoms with Gasteiger partial charge in [-0.15, -0.1) is 5.10 Å². The third kappa shape index (κ3) is 5.80. The van der Waals surface area contributed by atoms with E-state index in [2.05, 4.69) is 15.6 Å². The molecule has 37 heavy (non-hydrogen) atoms. The number of amides is 2. The Morgan fingerprint density at radius 2 is 1.65 bits per heavy atom. The van der Waals surface area contributed by atoms with Crippen molar-refractivity contribution in [3.05, 3.63) is 72.3 Å². The maximum absolute atomic E-state index is 13.6. The van der Waals surface area contributed by atoms with Crippen LogP contribution in [0.4, 0.5) is 5.69 Å². The van der Waals surface area contributed by atoms with Crippen molar-refractivity contribution in [3.63, 3.8) is 0 Å². The lowest BCUT2D eigenvalue weighted by Gasteiger charge is -2.29. The molecule has 3 aromatic carbocycles. The normalized spacial score (nSPS) is 11.6. The van der Waals surface area contributed by atoms with Crippen molar-refractivity contribution in [2.75, 3.05) is 26.6 Å². The monoisotopic (exact) mass is 503 g/mol. The Hall–Kier alpha value is -4.60. The molecule has 0 spiro atoms. The Morgan fingerprint density at radius 1 is 0.946 bits per heavy atom. The molecule has 0 bridgehead atoms. The first-order valence-electron chi connectivity index (χ1n) is 11.7. The fourth-order valence-corrected chi connectivity index (χ4v) is 3.90. The van der Waals surface area contributed by atoms with E-state index in [-0.39, 0.29) is 24.9 Å². The Morgan fingerprint density at radius 3 is 2.35 bits per heavy atom. The summed E-state index contributed by atoms with van der Waals surface area (Å²) in [5, 5.41) is 11.1. The summed E-state index contributed by atoms with van der Waals surface area (Å²) in [5.41, 5.74) is 2.74. The number of hydrogen-bond acceptors (Lipinski definition) is 7. The second-order valence-electron chi connectivity index (χ2n) is 8.34. The van der Waals surface area contributed by atoms with Crippen molar-refractivity contribution in [3.8, 4) is 17.2 Å². The molecule has 10 nitrogen and oxygen atoms in total. The van der Waals surface area contributed by atoms with Gasteiger partial charge in [0.25, 0.3) is 0 Å². The fourth-order valence-electron chi connectivity index (χ4n) is 3.90. The van der Waals surface area contributed by atoms with Crippen molar-refractivity contribution in [1.82, 2.24) is 19.9 Å². The van der Waals surface area contributed by atoms with Gasteiger partial charge in [-0.1, -0.05) is 29.5 Å². The summed E-state index contributed by atoms with van der Waals surface area (Å²) in [4.78, 5) is 28.4. The summed E-state index contributed by atoms with van der Waals surface area (Å²) in [5.74, 6) is 1.10. The number of para-hydroxylation sites is 1. The van der Waals surface area contributed by atoms with Crippen molar-refractivity contribution in [2.45, 2.75) is 26.1 Å². The minimum atomic E-state index is -0.809. The minimum Gasteiger partial charge on any atom is -0.497 e. The lowest BCUT2D eigenvalue weighted by Crippen LogP contribution is -2.46. The van der Waals surface area contributed by atoms with Crippen LogP contribution in [0.25, 0.3) is 11.0 Å². The van der Waals surface area contributed by atoms with Gasteiger partial charge >= 0.3 is 0 Å². The van der Waals surface area contributed by atoms with Gasteiger partial charge in [-0.3, -0.25) is 9.59 Å². The van der Waals surface area contributed by atoms with Crippen LogP contribution in [-0.2, 0) is 22.7 Å². The lowest BCUT2D eigenvalue weighted by atomic mass is 10.1. The molecule has 0 radical (unpaired) electrons. The number of carbonyl (C=O) groups excluding carboxylic acids is 2. The van der Waals surface area contributed by atoms with Crippen LogP contribution in [0.15, 0.2) is 66.7 Å². The van der Waals surface area contributed by atoms with E-state index in [9.17, 15) is 9.59 Å². The number of rotatable bonds is 10. The van der Waals surface area contributed by atoms with E-state index in [1.165, 1.54) is 16.7 Å². The first-order valence-corrected chi connectivity index (χ1v) is 11.7. The number of hydrogen-bond donors (Lipinski definition) is 1. The number of anilines is 1. The van der Waals surface area contributed by atoms with E-state index in [1.807, 2.05) is 48.5 Å². The van der Waals surface area contributed by atoms with Gasteiger partial charge in [0, 0.05) is 12.6 Å². The highest BCUT2D eigenvalue weighted by molar-refractivity contribution is 5.98. The number of ether oxygens (including phenoxy) is 3. The van der Waals surface area contributed by atoms with Crippen molar-refractivity contribution in [2.24, 2.45) is 0 Å². The largest absolute Gasteiger partial charge is 0.497 e. The fraction of sp³-hybridized carbons (Fsp3) is 0.259. The molecule has 1 unspecified atom stereocenters. The van der Waals surface area contributed by atoms with E-state index in [4.69, 9.17) is 14.2 Å². The van der Waals surface area contributed by atoms with Gasteiger partial charge in [0.2, 0.25) is 11.8 Å². The van der Waals surface area contributed by atoms with E-state index in [0.29, 0.717) is 28.5 Å². The first kappa shape index (κ1) is 25.5. The van der Waals surface area contributed by atoms with Gasteiger partial charge < -0.3 is 24.4 Å². The molecule has 1 aromatic heterocycles. The van der Waals surface area contributed by atoms with Gasteiger partial charge in [0.15, 0.2) is 0 Å². The molecule has 0 saturated heterocycles. The number of nitrogens with one attached hydrogen (secondary N) is 1. The summed E-state index contributed by atoms with van der Waals surface area (Å²) >= 11 is 0. The number of aromatic nitrogens is 3. The molecule has 192 valence electrons. The third-order valence-corrected chi connectivity index (χ3v) is 6.05. The molecule has 0 aliphatic rings. The zero-order chi connectivity index (χ0) is 26.4. The second-order valence-corrected chi connectivity index (χ2v) is 8.34. The number of methoxy groups -OCH3 is 3. The highest BCUT2D eigenvalue weighted by Crippen LogP contribution is 2.29. The molecule has 1 heterocycles. The van der Waals surface area contributed by atoms with Crippen molar-refractivity contribution < 1.29 is 23.8 Å². The van der Waals surface area contributed by atoms with Crippen LogP contribution in [0.5, 0.6) is 17.2 Å². The van der Waals surface area contributed by atoms with E-state index < -0.39 is 6.04 Å². The summed E-state index contributed by atoms with van der Waals surface area (Å²) in [7, 11) is 4.65. The van der Waals surface area contributed by atoms with Crippen LogP contribution < -0.4 is 19.5 Å². The molecule has 0 fully saturated rings. The molecule has 0 aliphatic carbocycles. The number of nitrogens with zero attached hydrogens (tertiary/aromatic N) is 4. The zero-order valence-corrected chi connectivity index (χ0v) is 21.2. The molecule has 2 amide bonds. The number of benzene rings is 3. The van der Waals surface area contributed by atoms with E-state index >= 15 is 0 Å². The number of carbonyl (C=O) groups is 2. The summed E-state index contributed by atoms with van der Waals surface area (Å²) in [6, 6.07) is 19.0. The van der Waals surface area contributed by atoms with Crippen LogP contribution in [0, 0.1) is 0 Å². The second kappa shape index (κ2) is 11.4. The first-order chi connectivity index (χ1) is 17.9. The van der Waals surface area contributed by atoms with E-state index in [0.717, 1.165) is 11.1 Å². The average Bonchev–Trinajstić information content (AvgIpc) is 3.34. The SMILES string of the molecule is COc1ccc(CN(C(=O)Cn2nnc3ccccc32)C(C)C(=O)Nc2ccc(OC)cc2OC)cc1. The van der Waals surface area contributed by atoms with Gasteiger partial charge in [-0.05, 0) is 48.9 Å². The Bertz CT molecular complexity index is 1390. The van der Waals surface area contributed by atoms with Gasteiger partial charge in [-0.2, -0.15) is 0 Å². The quantitative estimate of drug-likeness (QED) is 0.353. The predicted octanol–water partition coefficient (Wildman–Crippen LogP) is 3.51. The van der Waals surface area contributed by atoms with Crippen LogP contribution >= 0.6 is 0 Å². The summed E-state index contributed by atoms with van der Waals surface area (Å²) < 4.78 is 17.4. The molecule has 4 rings (SSSR count). The van der Waals surface area contributed by atoms with Gasteiger partial charge in [-0.25, -0.2) is 4.68 Å². The van der Waals surface area contributed by atoms with Crippen LogP contribution in [0.3, 0.4) is 0 Å². The minimum absolute atomic E-state index is 0.0693. The lowest BCUT2D eigenvalue weighted by molar-refractivity contribution is -0.139. The average molecular weight is 504 g/mol. The molecule has 10 heteroatoms. The maximum Gasteiger partial charge on any atom is 0.247 e. The van der Waals surface area contributed by atoms with Gasteiger partial charge in [0.05, 0.1) is 32.5 Å². The summed E-state index contributed by atoms with van der Waals surface area (Å²) in [6.45, 7) is 1.83. The smallest absolute Gasteiger partial charge is 0.247 e. The highest BCUT2D eigenvalue weighted by Gasteiger charge is 2.28. The maximum atomic E-state index is 13.6. The van der Waals surface area contributed by atoms with Crippen molar-refractivity contribution >= 4 is 28.5 Å². The topological polar surface area (TPSA) is 108 Å². The zero-order valence-electron chi connectivity index (χ0n) is 21.2. The molecule has 0 saturated carbocycles. The standard InChI is InChI=1S/C27H29N5O5/c1-18(27(34)28-23-14-13-21(36-3)15-25(23)37-4)31(16-19-9-11-20(35-2)12-10-19)26(33)17-32-24-8-6-5-7-22(24)29-30-32/h5-15,18H,16-17H2,1-4H3,(H,28,34). The van der Waals surface area contributed by atoms with E-state index in [1.54, 1.807) is 39.3 Å². The predicted molar refractivity (Wildman–Crippen MR) is 139 cm³/mol. The molecular weight excluding hydrogens is 474 g/mol. The summed E-state index contributed by atoms with van der Waals surface area (Å²) in [6.07, 6.45) is 0. The molecular formula is C27H29N5O5. The van der Waals surface area contributed by atoms with Crippen molar-refractivity contribution in [1.29, 1.82) is 0 Å². The van der Waals surface area contributed by atoms with Crippen LogP contribution in [0.1, 0.15) is 12.5 Å². The van der Waals surface area contributed by atoms with Crippen LogP contribution in [-0.4, -0.2) is 59.1 Å².